The van der Waals surface area contributed by atoms with E-state index in [2.05, 4.69) is 25.8 Å². The van der Waals surface area contributed by atoms with Crippen molar-refractivity contribution in [2.45, 2.75) is 20.8 Å². The average molecular weight is 240 g/mol. The molecule has 0 amide bonds. The Hall–Kier alpha value is -1.67. The molecule has 0 bridgehead atoms. The number of aliphatic hydroxyl groups is 1. The van der Waals surface area contributed by atoms with Crippen LogP contribution < -0.4 is 4.74 Å². The molecule has 1 rings (SSSR count). The van der Waals surface area contributed by atoms with Crippen LogP contribution in [0.1, 0.15) is 26.3 Å². The van der Waals surface area contributed by atoms with Gasteiger partial charge in [-0.1, -0.05) is 20.8 Å². The van der Waals surface area contributed by atoms with Crippen LogP contribution in [0, 0.1) is 23.1 Å². The third-order valence-corrected chi connectivity index (χ3v) is 1.27. The molecule has 0 saturated heterocycles. The van der Waals surface area contributed by atoms with Crippen molar-refractivity contribution >= 4 is 0 Å². The zero-order chi connectivity index (χ0) is 13.3. The van der Waals surface area contributed by atoms with E-state index >= 15 is 0 Å². The van der Waals surface area contributed by atoms with Crippen molar-refractivity contribution in [3.05, 3.63) is 23.6 Å². The van der Waals surface area contributed by atoms with Gasteiger partial charge >= 0.3 is 0 Å². The molecule has 17 heavy (non-hydrogen) atoms. The molecule has 0 aliphatic heterocycles. The van der Waals surface area contributed by atoms with Crippen molar-refractivity contribution in [3.63, 3.8) is 0 Å². The Morgan fingerprint density at radius 3 is 2.53 bits per heavy atom. The van der Waals surface area contributed by atoms with Gasteiger partial charge in [0.15, 0.2) is 5.82 Å². The maximum absolute atomic E-state index is 12.9. The lowest BCUT2D eigenvalue weighted by molar-refractivity contribution is 0.191. The number of aliphatic hydroxyl groups excluding tert-OH is 1. The highest BCUT2D eigenvalue weighted by atomic mass is 19.1. The first-order valence-electron chi connectivity index (χ1n) is 5.30. The molecule has 0 aliphatic rings. The smallest absolute Gasteiger partial charge is 0.250 e. The minimum atomic E-state index is -0.701. The first-order valence-corrected chi connectivity index (χ1v) is 5.30. The van der Waals surface area contributed by atoms with Gasteiger partial charge in [0, 0.05) is 6.20 Å². The van der Waals surface area contributed by atoms with E-state index in [9.17, 15) is 4.39 Å². The highest BCUT2D eigenvalue weighted by Gasteiger charge is 2.05. The van der Waals surface area contributed by atoms with Crippen LogP contribution in [0.15, 0.2) is 12.3 Å². The normalized spacial score (nSPS) is 9.24. The fourth-order valence-electron chi connectivity index (χ4n) is 0.735. The van der Waals surface area contributed by atoms with E-state index in [4.69, 9.17) is 15.1 Å². The monoisotopic (exact) mass is 240 g/mol. The molecule has 94 valence electrons. The second kappa shape index (κ2) is 8.48. The highest BCUT2D eigenvalue weighted by Crippen LogP contribution is 2.13. The SMILES string of the molecule is CC(C)C.N#Cc1cnc(OCCO)c(F)c1. The van der Waals surface area contributed by atoms with Gasteiger partial charge in [-0.3, -0.25) is 0 Å². The van der Waals surface area contributed by atoms with Gasteiger partial charge in [-0.2, -0.15) is 5.26 Å². The fraction of sp³-hybridized carbons (Fsp3) is 0.500. The number of pyridine rings is 1. The Kier molecular flexibility index (Phi) is 7.65. The van der Waals surface area contributed by atoms with E-state index in [1.165, 1.54) is 6.20 Å². The van der Waals surface area contributed by atoms with E-state index in [-0.39, 0.29) is 24.7 Å². The number of rotatable bonds is 3. The summed E-state index contributed by atoms with van der Waals surface area (Å²) in [6, 6.07) is 2.77. The Morgan fingerprint density at radius 1 is 1.53 bits per heavy atom. The molecule has 0 spiro atoms. The molecule has 1 heterocycles. The van der Waals surface area contributed by atoms with Crippen LogP contribution in [0.5, 0.6) is 5.88 Å². The summed E-state index contributed by atoms with van der Waals surface area (Å²) in [5.74, 6) is -0.0689. The summed E-state index contributed by atoms with van der Waals surface area (Å²) in [7, 11) is 0. The number of halogens is 1. The lowest BCUT2D eigenvalue weighted by atomic mass is 10.3. The van der Waals surface area contributed by atoms with Crippen LogP contribution >= 0.6 is 0 Å². The van der Waals surface area contributed by atoms with Crippen LogP contribution in [0.3, 0.4) is 0 Å². The zero-order valence-electron chi connectivity index (χ0n) is 10.3. The summed E-state index contributed by atoms with van der Waals surface area (Å²) in [4.78, 5) is 3.56. The molecule has 1 aromatic rings. The summed E-state index contributed by atoms with van der Waals surface area (Å²) in [5.41, 5.74) is 0.133. The molecule has 0 fully saturated rings. The van der Waals surface area contributed by atoms with Gasteiger partial charge < -0.3 is 9.84 Å². The van der Waals surface area contributed by atoms with Crippen LogP contribution in [0.25, 0.3) is 0 Å². The van der Waals surface area contributed by atoms with E-state index in [0.717, 1.165) is 12.0 Å². The lowest BCUT2D eigenvalue weighted by Gasteiger charge is -2.03. The minimum absolute atomic E-state index is 0.0180. The first-order chi connectivity index (χ1) is 8.01. The van der Waals surface area contributed by atoms with Crippen LogP contribution in [-0.4, -0.2) is 23.3 Å². The zero-order valence-corrected chi connectivity index (χ0v) is 10.3. The van der Waals surface area contributed by atoms with Crippen molar-refractivity contribution in [1.29, 1.82) is 5.26 Å². The summed E-state index contributed by atoms with van der Waals surface area (Å²) in [6.45, 7) is 6.27. The van der Waals surface area contributed by atoms with Crippen molar-refractivity contribution in [1.82, 2.24) is 4.98 Å². The van der Waals surface area contributed by atoms with Gasteiger partial charge in [0.1, 0.15) is 12.7 Å². The largest absolute Gasteiger partial charge is 0.473 e. The molecular weight excluding hydrogens is 223 g/mol. The molecule has 0 aliphatic carbocycles. The van der Waals surface area contributed by atoms with Gasteiger partial charge in [0.05, 0.1) is 12.2 Å². The third kappa shape index (κ3) is 7.25. The Balaban J connectivity index is 0.000000557. The molecule has 4 nitrogen and oxygen atoms in total. The predicted molar refractivity (Wildman–Crippen MR) is 62.0 cm³/mol. The summed E-state index contributed by atoms with van der Waals surface area (Å²) >= 11 is 0. The minimum Gasteiger partial charge on any atom is -0.473 e. The van der Waals surface area contributed by atoms with Crippen molar-refractivity contribution in [2.24, 2.45) is 5.92 Å². The van der Waals surface area contributed by atoms with E-state index in [1.54, 1.807) is 6.07 Å². The molecule has 0 saturated carbocycles. The summed E-state index contributed by atoms with van der Waals surface area (Å²) < 4.78 is 17.7. The van der Waals surface area contributed by atoms with Crippen LogP contribution in [-0.2, 0) is 0 Å². The topological polar surface area (TPSA) is 66.1 Å². The number of nitrogens with zero attached hydrogens (tertiary/aromatic N) is 2. The third-order valence-electron chi connectivity index (χ3n) is 1.27. The van der Waals surface area contributed by atoms with Gasteiger partial charge in [-0.05, 0) is 12.0 Å². The quantitative estimate of drug-likeness (QED) is 0.878. The second-order valence-corrected chi connectivity index (χ2v) is 3.93. The molecule has 1 N–H and O–H groups in total. The Labute approximate surface area is 101 Å². The standard InChI is InChI=1S/C8H7FN2O2.C4H10/c9-7-3-6(4-10)5-11-8(7)13-2-1-12;1-4(2)3/h3,5,12H,1-2H2;4H,1-3H3. The van der Waals surface area contributed by atoms with Crippen molar-refractivity contribution in [3.8, 4) is 11.9 Å². The summed E-state index contributed by atoms with van der Waals surface area (Å²) in [5, 5.41) is 16.8. The van der Waals surface area contributed by atoms with Crippen LogP contribution in [0.4, 0.5) is 4.39 Å². The highest BCUT2D eigenvalue weighted by molar-refractivity contribution is 5.29. The fourth-order valence-corrected chi connectivity index (χ4v) is 0.735. The Morgan fingerprint density at radius 2 is 2.12 bits per heavy atom. The molecule has 0 atom stereocenters. The van der Waals surface area contributed by atoms with Gasteiger partial charge in [-0.15, -0.1) is 0 Å². The average Bonchev–Trinajstić information content (AvgIpc) is 2.26. The van der Waals surface area contributed by atoms with Crippen molar-refractivity contribution < 1.29 is 14.2 Å². The number of nitriles is 1. The van der Waals surface area contributed by atoms with E-state index in [0.29, 0.717) is 0 Å². The van der Waals surface area contributed by atoms with E-state index < -0.39 is 5.82 Å². The van der Waals surface area contributed by atoms with Crippen LogP contribution in [0.2, 0.25) is 0 Å². The number of ether oxygens (including phenoxy) is 1. The molecule has 0 radical (unpaired) electrons. The van der Waals surface area contributed by atoms with Gasteiger partial charge in [0.2, 0.25) is 0 Å². The summed E-state index contributed by atoms with van der Waals surface area (Å²) in [6.07, 6.45) is 1.20. The molecular formula is C12H17FN2O2. The van der Waals surface area contributed by atoms with Gasteiger partial charge in [-0.25, -0.2) is 9.37 Å². The molecule has 0 aromatic carbocycles. The van der Waals surface area contributed by atoms with E-state index in [1.807, 2.05) is 0 Å². The van der Waals surface area contributed by atoms with Crippen molar-refractivity contribution in [2.75, 3.05) is 13.2 Å². The molecule has 5 heteroatoms. The predicted octanol–water partition coefficient (Wildman–Crippen LogP) is 2.13. The maximum Gasteiger partial charge on any atom is 0.250 e. The second-order valence-electron chi connectivity index (χ2n) is 3.93. The molecule has 1 aromatic heterocycles. The van der Waals surface area contributed by atoms with Gasteiger partial charge in [0.25, 0.3) is 5.88 Å². The number of hydrogen-bond donors (Lipinski definition) is 1. The lowest BCUT2D eigenvalue weighted by Crippen LogP contribution is -2.04. The Bertz CT molecular complexity index is 373. The first kappa shape index (κ1) is 15.3. The number of aromatic nitrogens is 1. The molecule has 0 unspecified atom stereocenters. The maximum atomic E-state index is 12.9. The number of hydrogen-bond acceptors (Lipinski definition) is 4.